The summed E-state index contributed by atoms with van der Waals surface area (Å²) in [5.41, 5.74) is 0. The maximum Gasteiger partial charge on any atom is 0.472 e. The summed E-state index contributed by atoms with van der Waals surface area (Å²) >= 11 is 0. The maximum absolute atomic E-state index is 12.0. The van der Waals surface area contributed by atoms with Gasteiger partial charge in [0.15, 0.2) is 0 Å². The topological polar surface area (TPSA) is 131 Å². The molecule has 0 aromatic heterocycles. The lowest BCUT2D eigenvalue weighted by molar-refractivity contribution is -0.147. The van der Waals surface area contributed by atoms with Gasteiger partial charge in [0.2, 0.25) is 5.91 Å². The number of nitrogens with one attached hydrogen (secondary N) is 1. The third kappa shape index (κ3) is 33.6. The zero-order valence-corrected chi connectivity index (χ0v) is 29.9. The first kappa shape index (κ1) is 44.2. The van der Waals surface area contributed by atoms with Crippen LogP contribution in [-0.4, -0.2) is 54.3 Å². The van der Waals surface area contributed by atoms with Crippen LogP contribution in [0.3, 0.4) is 0 Å². The maximum atomic E-state index is 12.0. The lowest BCUT2D eigenvalue weighted by Gasteiger charge is -2.15. The van der Waals surface area contributed by atoms with E-state index in [0.29, 0.717) is 12.8 Å². The lowest BCUT2D eigenvalue weighted by atomic mass is 10.0. The number of hydrogen-bond acceptors (Lipinski definition) is 7. The van der Waals surface area contributed by atoms with Gasteiger partial charge >= 0.3 is 13.8 Å². The Balaban J connectivity index is 3.52. The molecular formula is C36H66NO8P. The Hall–Kier alpha value is -1.77. The molecule has 0 rings (SSSR count). The second-order valence-corrected chi connectivity index (χ2v) is 13.3. The van der Waals surface area contributed by atoms with E-state index in [1.54, 1.807) is 0 Å². The normalized spacial score (nSPS) is 13.9. The van der Waals surface area contributed by atoms with Crippen molar-refractivity contribution in [2.45, 2.75) is 155 Å². The van der Waals surface area contributed by atoms with E-state index >= 15 is 0 Å². The molecule has 10 heteroatoms. The second-order valence-electron chi connectivity index (χ2n) is 11.8. The van der Waals surface area contributed by atoms with Crippen molar-refractivity contribution in [3.63, 3.8) is 0 Å². The molecule has 268 valence electrons. The van der Waals surface area contributed by atoms with Gasteiger partial charge in [0, 0.05) is 19.4 Å². The van der Waals surface area contributed by atoms with E-state index in [1.165, 1.54) is 77.0 Å². The van der Waals surface area contributed by atoms with Gasteiger partial charge in [0.25, 0.3) is 0 Å². The van der Waals surface area contributed by atoms with Gasteiger partial charge in [-0.25, -0.2) is 4.57 Å². The molecule has 9 nitrogen and oxygen atoms in total. The van der Waals surface area contributed by atoms with Crippen molar-refractivity contribution >= 4 is 19.7 Å². The third-order valence-electron chi connectivity index (χ3n) is 7.32. The van der Waals surface area contributed by atoms with Crippen molar-refractivity contribution in [3.05, 3.63) is 36.5 Å². The number of rotatable bonds is 33. The highest BCUT2D eigenvalue weighted by Gasteiger charge is 2.23. The minimum absolute atomic E-state index is 0.0787. The summed E-state index contributed by atoms with van der Waals surface area (Å²) in [7, 11) is -4.39. The minimum atomic E-state index is -4.39. The predicted octanol–water partition coefficient (Wildman–Crippen LogP) is 9.04. The molecule has 0 aliphatic carbocycles. The molecular weight excluding hydrogens is 605 g/mol. The number of amides is 1. The van der Waals surface area contributed by atoms with Crippen LogP contribution < -0.4 is 5.32 Å². The number of aliphatic hydroxyl groups excluding tert-OH is 1. The van der Waals surface area contributed by atoms with Crippen molar-refractivity contribution in [1.82, 2.24) is 5.32 Å². The highest BCUT2D eigenvalue weighted by Crippen LogP contribution is 2.42. The van der Waals surface area contributed by atoms with Crippen molar-refractivity contribution < 1.29 is 37.9 Å². The number of carbonyl (C=O) groups is 2. The molecule has 0 aliphatic rings. The van der Waals surface area contributed by atoms with E-state index in [9.17, 15) is 24.2 Å². The fraction of sp³-hybridized carbons (Fsp3) is 0.778. The fourth-order valence-electron chi connectivity index (χ4n) is 4.54. The molecule has 2 atom stereocenters. The number of aliphatic hydroxyl groups is 1. The first-order valence-electron chi connectivity index (χ1n) is 18.0. The summed E-state index contributed by atoms with van der Waals surface area (Å²) < 4.78 is 26.3. The molecule has 46 heavy (non-hydrogen) atoms. The molecule has 0 saturated heterocycles. The van der Waals surface area contributed by atoms with E-state index in [4.69, 9.17) is 13.8 Å². The van der Waals surface area contributed by atoms with Crippen LogP contribution in [0.4, 0.5) is 0 Å². The number of allylic oxidation sites excluding steroid dienone is 6. The zero-order valence-electron chi connectivity index (χ0n) is 29.0. The Bertz CT molecular complexity index is 861. The Kier molecular flexibility index (Phi) is 31.9. The Morgan fingerprint density at radius 1 is 0.674 bits per heavy atom. The van der Waals surface area contributed by atoms with Crippen LogP contribution in [0.15, 0.2) is 36.5 Å². The van der Waals surface area contributed by atoms with Gasteiger partial charge in [-0.1, -0.05) is 121 Å². The summed E-state index contributed by atoms with van der Waals surface area (Å²) in [5, 5.41) is 12.4. The summed E-state index contributed by atoms with van der Waals surface area (Å²) in [5.74, 6) is -0.559. The number of esters is 1. The number of carbonyl (C=O) groups excluding carboxylic acids is 2. The first-order chi connectivity index (χ1) is 22.3. The number of phosphoric ester groups is 1. The summed E-state index contributed by atoms with van der Waals surface area (Å²) in [6.45, 7) is 3.22. The molecule has 0 radical (unpaired) electrons. The Labute approximate surface area is 280 Å². The van der Waals surface area contributed by atoms with Gasteiger partial charge in [0.1, 0.15) is 12.7 Å². The lowest BCUT2D eigenvalue weighted by Crippen LogP contribution is -2.27. The predicted molar refractivity (Wildman–Crippen MR) is 187 cm³/mol. The molecule has 3 N–H and O–H groups in total. The van der Waals surface area contributed by atoms with Gasteiger partial charge in [-0.05, 0) is 51.4 Å². The minimum Gasteiger partial charge on any atom is -0.463 e. The van der Waals surface area contributed by atoms with Crippen LogP contribution >= 0.6 is 7.82 Å². The Morgan fingerprint density at radius 2 is 1.20 bits per heavy atom. The molecule has 0 aliphatic heterocycles. The van der Waals surface area contributed by atoms with E-state index in [0.717, 1.165) is 38.5 Å². The second kappa shape index (κ2) is 33.1. The van der Waals surface area contributed by atoms with Gasteiger partial charge in [-0.15, -0.1) is 0 Å². The van der Waals surface area contributed by atoms with Crippen LogP contribution in [0.2, 0.25) is 0 Å². The highest BCUT2D eigenvalue weighted by molar-refractivity contribution is 7.47. The van der Waals surface area contributed by atoms with Crippen LogP contribution in [0, 0.1) is 0 Å². The van der Waals surface area contributed by atoms with E-state index < -0.39 is 26.5 Å². The molecule has 2 unspecified atom stereocenters. The number of hydrogen-bond donors (Lipinski definition) is 3. The van der Waals surface area contributed by atoms with Crippen LogP contribution in [0.25, 0.3) is 0 Å². The zero-order chi connectivity index (χ0) is 34.0. The average Bonchev–Trinajstić information content (AvgIpc) is 3.04. The summed E-state index contributed by atoms with van der Waals surface area (Å²) in [6.07, 6.45) is 34.9. The molecule has 0 fully saturated rings. The number of unbranched alkanes of at least 4 members (excludes halogenated alkanes) is 14. The molecule has 1 amide bonds. The molecule has 0 heterocycles. The van der Waals surface area contributed by atoms with E-state index in [-0.39, 0.29) is 32.1 Å². The number of phosphoric acid groups is 1. The SMILES string of the molecule is CCCCC/C=C\C/C=C\C/C=C\CCCCCCCCCCCCC(=O)NCCOP(=O)(O)OCC(O)COC(=O)CCCC. The van der Waals surface area contributed by atoms with E-state index in [1.807, 2.05) is 6.92 Å². The van der Waals surface area contributed by atoms with Gasteiger partial charge in [0.05, 0.1) is 13.2 Å². The standard InChI is InChI=1S/C36H66NO8P/c1-3-5-7-8-9-10-11-12-13-14-15-16-17-18-19-20-21-22-23-24-25-26-27-28-35(39)37-30-31-44-46(41,42)45-33-34(38)32-43-36(40)29-6-4-2/h9-10,12-13,15-16,34,38H,3-8,11,14,17-33H2,1-2H3,(H,37,39)(H,41,42)/b10-9-,13-12-,16-15-. The van der Waals surface area contributed by atoms with Crippen molar-refractivity contribution in [2.24, 2.45) is 0 Å². The van der Waals surface area contributed by atoms with Gasteiger partial charge < -0.3 is 20.1 Å². The van der Waals surface area contributed by atoms with Crippen LogP contribution in [0.1, 0.15) is 149 Å². The van der Waals surface area contributed by atoms with Crippen molar-refractivity contribution in [2.75, 3.05) is 26.4 Å². The van der Waals surface area contributed by atoms with Crippen LogP contribution in [0.5, 0.6) is 0 Å². The Morgan fingerprint density at radius 3 is 1.78 bits per heavy atom. The van der Waals surface area contributed by atoms with Gasteiger partial charge in [-0.2, -0.15) is 0 Å². The van der Waals surface area contributed by atoms with Crippen molar-refractivity contribution in [3.8, 4) is 0 Å². The van der Waals surface area contributed by atoms with Crippen LogP contribution in [-0.2, 0) is 27.9 Å². The quantitative estimate of drug-likeness (QED) is 0.0273. The molecule has 0 aromatic rings. The average molecular weight is 672 g/mol. The molecule has 0 aromatic carbocycles. The summed E-state index contributed by atoms with van der Waals surface area (Å²) in [6, 6.07) is 0. The summed E-state index contributed by atoms with van der Waals surface area (Å²) in [4.78, 5) is 33.1. The molecule has 0 bridgehead atoms. The van der Waals surface area contributed by atoms with Gasteiger partial charge in [-0.3, -0.25) is 18.6 Å². The smallest absolute Gasteiger partial charge is 0.463 e. The van der Waals surface area contributed by atoms with Crippen molar-refractivity contribution in [1.29, 1.82) is 0 Å². The molecule has 0 saturated carbocycles. The fourth-order valence-corrected chi connectivity index (χ4v) is 5.30. The third-order valence-corrected chi connectivity index (χ3v) is 8.31. The largest absolute Gasteiger partial charge is 0.472 e. The molecule has 0 spiro atoms. The monoisotopic (exact) mass is 671 g/mol. The van der Waals surface area contributed by atoms with E-state index in [2.05, 4.69) is 48.7 Å². The number of ether oxygens (including phenoxy) is 1. The highest BCUT2D eigenvalue weighted by atomic mass is 31.2. The first-order valence-corrected chi connectivity index (χ1v) is 19.5.